The van der Waals surface area contributed by atoms with Crippen molar-refractivity contribution < 1.29 is 14.3 Å². The molecule has 3 rings (SSSR count). The topological polar surface area (TPSA) is 58.6 Å². The van der Waals surface area contributed by atoms with Crippen LogP contribution in [0.25, 0.3) is 0 Å². The first-order chi connectivity index (χ1) is 18.4. The predicted octanol–water partition coefficient (Wildman–Crippen LogP) is 7.30. The summed E-state index contributed by atoms with van der Waals surface area (Å²) in [6.07, 6.45) is 0.397. The standard InChI is InChI=1S/C32H38Br2N2O3/c1-22(2)19-35-31(38)28(17-23-10-7-6-8-11-23)36(20-24-12-9-13-26(33)16-24)30(37)21-39-29-15-14-25(18-27(29)34)32(3,4)5/h6-16,18,22,28H,17,19-21H2,1-5H3,(H,35,38). The summed E-state index contributed by atoms with van der Waals surface area (Å²) < 4.78 is 7.71. The maximum Gasteiger partial charge on any atom is 0.261 e. The van der Waals surface area contributed by atoms with Gasteiger partial charge in [-0.15, -0.1) is 0 Å². The minimum Gasteiger partial charge on any atom is -0.483 e. The lowest BCUT2D eigenvalue weighted by Crippen LogP contribution is -2.52. The molecule has 0 bridgehead atoms. The molecule has 5 nitrogen and oxygen atoms in total. The Hall–Kier alpha value is -2.64. The first-order valence-electron chi connectivity index (χ1n) is 13.2. The minimum absolute atomic E-state index is 0.00830. The molecule has 2 amide bonds. The Morgan fingerprint density at radius 1 is 0.923 bits per heavy atom. The Bertz CT molecular complexity index is 1260. The zero-order valence-electron chi connectivity index (χ0n) is 23.3. The SMILES string of the molecule is CC(C)CNC(=O)C(Cc1ccccc1)N(Cc1cccc(Br)c1)C(=O)COc1ccc(C(C)(C)C)cc1Br. The van der Waals surface area contributed by atoms with Crippen LogP contribution in [-0.4, -0.2) is 35.9 Å². The van der Waals surface area contributed by atoms with Crippen molar-refractivity contribution in [1.29, 1.82) is 0 Å². The summed E-state index contributed by atoms with van der Waals surface area (Å²) in [5.74, 6) is 0.439. The van der Waals surface area contributed by atoms with E-state index >= 15 is 0 Å². The minimum atomic E-state index is -0.701. The van der Waals surface area contributed by atoms with Gasteiger partial charge in [-0.3, -0.25) is 9.59 Å². The normalized spacial score (nSPS) is 12.2. The molecule has 1 N–H and O–H groups in total. The van der Waals surface area contributed by atoms with Gasteiger partial charge in [0.15, 0.2) is 6.61 Å². The number of ether oxygens (including phenoxy) is 1. The van der Waals surface area contributed by atoms with Crippen molar-refractivity contribution in [2.75, 3.05) is 13.2 Å². The van der Waals surface area contributed by atoms with Crippen molar-refractivity contribution >= 4 is 43.7 Å². The second kappa shape index (κ2) is 14.1. The summed E-state index contributed by atoms with van der Waals surface area (Å²) in [5.41, 5.74) is 3.05. The summed E-state index contributed by atoms with van der Waals surface area (Å²) in [4.78, 5) is 29.0. The van der Waals surface area contributed by atoms with Gasteiger partial charge in [-0.05, 0) is 68.2 Å². The van der Waals surface area contributed by atoms with E-state index in [0.717, 1.165) is 25.6 Å². The summed E-state index contributed by atoms with van der Waals surface area (Å²) in [6.45, 7) is 11.2. The van der Waals surface area contributed by atoms with Crippen molar-refractivity contribution in [3.05, 3.63) is 98.4 Å². The van der Waals surface area contributed by atoms with Gasteiger partial charge in [0.25, 0.3) is 5.91 Å². The Morgan fingerprint density at radius 2 is 1.62 bits per heavy atom. The van der Waals surface area contributed by atoms with Crippen molar-refractivity contribution in [1.82, 2.24) is 10.2 Å². The number of carbonyl (C=O) groups is 2. The van der Waals surface area contributed by atoms with Crippen molar-refractivity contribution in [3.8, 4) is 5.75 Å². The average Bonchev–Trinajstić information content (AvgIpc) is 2.88. The van der Waals surface area contributed by atoms with E-state index in [0.29, 0.717) is 18.7 Å². The van der Waals surface area contributed by atoms with E-state index in [4.69, 9.17) is 4.74 Å². The number of halogens is 2. The first-order valence-corrected chi connectivity index (χ1v) is 14.8. The van der Waals surface area contributed by atoms with Crippen LogP contribution in [-0.2, 0) is 28.0 Å². The molecule has 208 valence electrons. The van der Waals surface area contributed by atoms with Crippen LogP contribution in [0.2, 0.25) is 0 Å². The van der Waals surface area contributed by atoms with Crippen molar-refractivity contribution in [3.63, 3.8) is 0 Å². The van der Waals surface area contributed by atoms with E-state index in [-0.39, 0.29) is 36.3 Å². The third kappa shape index (κ3) is 9.50. The van der Waals surface area contributed by atoms with Crippen molar-refractivity contribution in [2.24, 2.45) is 5.92 Å². The lowest BCUT2D eigenvalue weighted by Gasteiger charge is -2.32. The summed E-state index contributed by atoms with van der Waals surface area (Å²) in [7, 11) is 0. The number of hydrogen-bond acceptors (Lipinski definition) is 3. The Morgan fingerprint density at radius 3 is 2.23 bits per heavy atom. The smallest absolute Gasteiger partial charge is 0.261 e. The molecule has 1 atom stereocenters. The first kappa shape index (κ1) is 30.9. The van der Waals surface area contributed by atoms with Crippen molar-refractivity contribution in [2.45, 2.75) is 59.0 Å². The highest BCUT2D eigenvalue weighted by molar-refractivity contribution is 9.10. The molecule has 0 aliphatic rings. The maximum absolute atomic E-state index is 13.8. The molecule has 0 heterocycles. The number of rotatable bonds is 11. The average molecular weight is 658 g/mol. The quantitative estimate of drug-likeness (QED) is 0.235. The zero-order chi connectivity index (χ0) is 28.6. The zero-order valence-corrected chi connectivity index (χ0v) is 26.5. The summed E-state index contributed by atoms with van der Waals surface area (Å²) in [6, 6.07) is 22.8. The van der Waals surface area contributed by atoms with Crippen LogP contribution in [0, 0.1) is 5.92 Å². The molecule has 0 saturated carbocycles. The molecule has 1 unspecified atom stereocenters. The van der Waals surface area contributed by atoms with E-state index < -0.39 is 6.04 Å². The number of nitrogens with zero attached hydrogens (tertiary/aromatic N) is 1. The lowest BCUT2D eigenvalue weighted by atomic mass is 9.87. The number of amides is 2. The molecule has 0 radical (unpaired) electrons. The fourth-order valence-electron chi connectivity index (χ4n) is 4.12. The summed E-state index contributed by atoms with van der Waals surface area (Å²) in [5, 5.41) is 3.05. The van der Waals surface area contributed by atoms with Gasteiger partial charge in [-0.1, -0.05) is 99.1 Å². The van der Waals surface area contributed by atoms with Gasteiger partial charge in [-0.25, -0.2) is 0 Å². The van der Waals surface area contributed by atoms with Crippen LogP contribution in [0.1, 0.15) is 51.3 Å². The lowest BCUT2D eigenvalue weighted by molar-refractivity contribution is -0.142. The number of nitrogens with one attached hydrogen (secondary N) is 1. The highest BCUT2D eigenvalue weighted by atomic mass is 79.9. The number of benzene rings is 3. The molecule has 0 fully saturated rings. The van der Waals surface area contributed by atoms with Gasteiger partial charge < -0.3 is 15.0 Å². The Balaban J connectivity index is 1.90. The van der Waals surface area contributed by atoms with Crippen LogP contribution in [0.5, 0.6) is 5.75 Å². The second-order valence-corrected chi connectivity index (χ2v) is 12.9. The fraction of sp³-hybridized carbons (Fsp3) is 0.375. The third-order valence-electron chi connectivity index (χ3n) is 6.35. The van der Waals surface area contributed by atoms with Crippen LogP contribution in [0.4, 0.5) is 0 Å². The molecule has 0 saturated heterocycles. The molecule has 0 aliphatic carbocycles. The molecule has 7 heteroatoms. The van der Waals surface area contributed by atoms with Gasteiger partial charge in [0.1, 0.15) is 11.8 Å². The fourth-order valence-corrected chi connectivity index (χ4v) is 5.06. The Kier molecular flexibility index (Phi) is 11.2. The molecule has 0 spiro atoms. The number of hydrogen-bond donors (Lipinski definition) is 1. The molecule has 39 heavy (non-hydrogen) atoms. The van der Waals surface area contributed by atoms with Gasteiger partial charge >= 0.3 is 0 Å². The van der Waals surface area contributed by atoms with Gasteiger partial charge in [0, 0.05) is 24.0 Å². The predicted molar refractivity (Wildman–Crippen MR) is 165 cm³/mol. The van der Waals surface area contributed by atoms with Gasteiger partial charge in [0.2, 0.25) is 5.91 Å². The largest absolute Gasteiger partial charge is 0.483 e. The van der Waals surface area contributed by atoms with Gasteiger partial charge in [0.05, 0.1) is 4.47 Å². The van der Waals surface area contributed by atoms with E-state index in [9.17, 15) is 9.59 Å². The molecule has 0 aromatic heterocycles. The van der Waals surface area contributed by atoms with Gasteiger partial charge in [-0.2, -0.15) is 0 Å². The van der Waals surface area contributed by atoms with Crippen LogP contribution in [0.15, 0.2) is 81.7 Å². The van der Waals surface area contributed by atoms with E-state index in [1.54, 1.807) is 4.90 Å². The highest BCUT2D eigenvalue weighted by Crippen LogP contribution is 2.31. The molecule has 3 aromatic rings. The monoisotopic (exact) mass is 656 g/mol. The van der Waals surface area contributed by atoms with Crippen LogP contribution >= 0.6 is 31.9 Å². The third-order valence-corrected chi connectivity index (χ3v) is 7.46. The summed E-state index contributed by atoms with van der Waals surface area (Å²) >= 11 is 7.13. The highest BCUT2D eigenvalue weighted by Gasteiger charge is 2.31. The van der Waals surface area contributed by atoms with Crippen LogP contribution < -0.4 is 10.1 Å². The number of carbonyl (C=O) groups excluding carboxylic acids is 2. The van der Waals surface area contributed by atoms with E-state index in [1.165, 1.54) is 0 Å². The molecule has 0 aliphatic heterocycles. The second-order valence-electron chi connectivity index (χ2n) is 11.2. The maximum atomic E-state index is 13.8. The van der Waals surface area contributed by atoms with E-state index in [2.05, 4.69) is 57.9 Å². The molecular formula is C32H38Br2N2O3. The molecule has 3 aromatic carbocycles. The van der Waals surface area contributed by atoms with Crippen LogP contribution in [0.3, 0.4) is 0 Å². The molecular weight excluding hydrogens is 620 g/mol. The van der Waals surface area contributed by atoms with E-state index in [1.807, 2.05) is 86.6 Å². The Labute approximate surface area is 249 Å².